The summed E-state index contributed by atoms with van der Waals surface area (Å²) in [6.45, 7) is 2.88. The monoisotopic (exact) mass is 397 g/mol. The van der Waals surface area contributed by atoms with Crippen LogP contribution < -0.4 is 9.64 Å². The second-order valence-corrected chi connectivity index (χ2v) is 7.77. The molecule has 2 unspecified atom stereocenters. The number of hydrogen-bond donors (Lipinski definition) is 0. The third-order valence-electron chi connectivity index (χ3n) is 6.21. The molecular weight excluding hydrogens is 370 g/mol. The summed E-state index contributed by atoms with van der Waals surface area (Å²) in [5.41, 5.74) is 1.03. The Hall–Kier alpha value is -2.83. The predicted octanol–water partition coefficient (Wildman–Crippen LogP) is 1.69. The Balaban J connectivity index is 1.29. The lowest BCUT2D eigenvalue weighted by atomic mass is 9.85. The van der Waals surface area contributed by atoms with E-state index in [1.54, 1.807) is 7.11 Å². The van der Waals surface area contributed by atoms with E-state index in [0.29, 0.717) is 25.9 Å². The first-order chi connectivity index (χ1) is 14.1. The molecule has 2 aliphatic heterocycles. The predicted molar refractivity (Wildman–Crippen MR) is 108 cm³/mol. The van der Waals surface area contributed by atoms with Gasteiger partial charge >= 0.3 is 0 Å². The number of piperazine rings is 1. The van der Waals surface area contributed by atoms with Gasteiger partial charge in [-0.2, -0.15) is 0 Å². The number of para-hydroxylation sites is 2. The first kappa shape index (κ1) is 19.5. The number of methoxy groups -OCH3 is 1. The van der Waals surface area contributed by atoms with E-state index >= 15 is 0 Å². The third kappa shape index (κ3) is 3.73. The topological polar surface area (TPSA) is 70.2 Å². The number of ether oxygens (including phenoxy) is 1. The summed E-state index contributed by atoms with van der Waals surface area (Å²) in [7, 11) is 1.66. The summed E-state index contributed by atoms with van der Waals surface area (Å²) in [4.78, 5) is 43.1. The smallest absolute Gasteiger partial charge is 0.233 e. The van der Waals surface area contributed by atoms with Gasteiger partial charge in [0.05, 0.1) is 24.6 Å². The van der Waals surface area contributed by atoms with Crippen molar-refractivity contribution in [2.24, 2.45) is 11.8 Å². The minimum absolute atomic E-state index is 0.00160. The van der Waals surface area contributed by atoms with E-state index in [4.69, 9.17) is 4.74 Å². The summed E-state index contributed by atoms with van der Waals surface area (Å²) in [5.74, 6) is 0.142. The number of benzene rings is 1. The second kappa shape index (κ2) is 8.27. The standard InChI is InChI=1S/C22H27N3O4/c1-29-19-9-5-4-8-18(19)23-12-14-24(15-13-23)20(26)10-11-25-21(27)16-6-2-3-7-17(16)22(25)28/h2-5,8-9,16-17H,6-7,10-15H2,1H3. The number of imide groups is 1. The number of carbonyl (C=O) groups excluding carboxylic acids is 3. The lowest BCUT2D eigenvalue weighted by molar-refractivity contribution is -0.140. The van der Waals surface area contributed by atoms with E-state index in [1.807, 2.05) is 41.3 Å². The number of hydrogen-bond acceptors (Lipinski definition) is 5. The van der Waals surface area contributed by atoms with Crippen molar-refractivity contribution < 1.29 is 19.1 Å². The maximum atomic E-state index is 12.7. The van der Waals surface area contributed by atoms with Crippen LogP contribution in [-0.2, 0) is 14.4 Å². The zero-order valence-corrected chi connectivity index (χ0v) is 16.8. The number of anilines is 1. The van der Waals surface area contributed by atoms with Gasteiger partial charge in [0, 0.05) is 39.1 Å². The van der Waals surface area contributed by atoms with Gasteiger partial charge in [0.2, 0.25) is 17.7 Å². The van der Waals surface area contributed by atoms with Crippen molar-refractivity contribution in [2.75, 3.05) is 44.7 Å². The van der Waals surface area contributed by atoms with Gasteiger partial charge in [0.25, 0.3) is 0 Å². The van der Waals surface area contributed by atoms with Gasteiger partial charge in [-0.25, -0.2) is 0 Å². The Bertz CT molecular complexity index is 803. The molecule has 0 spiro atoms. The number of likely N-dealkylation sites (tertiary alicyclic amines) is 1. The number of allylic oxidation sites excluding steroid dienone is 2. The van der Waals surface area contributed by atoms with Crippen LogP contribution in [0.25, 0.3) is 0 Å². The van der Waals surface area contributed by atoms with Crippen LogP contribution in [0.1, 0.15) is 19.3 Å². The fraction of sp³-hybridized carbons (Fsp3) is 0.500. The molecule has 7 heteroatoms. The van der Waals surface area contributed by atoms with E-state index in [-0.39, 0.29) is 42.5 Å². The van der Waals surface area contributed by atoms with Crippen LogP contribution >= 0.6 is 0 Å². The molecule has 4 rings (SSSR count). The molecule has 154 valence electrons. The van der Waals surface area contributed by atoms with Gasteiger partial charge in [-0.3, -0.25) is 19.3 Å². The first-order valence-electron chi connectivity index (χ1n) is 10.3. The maximum absolute atomic E-state index is 12.7. The van der Waals surface area contributed by atoms with E-state index in [2.05, 4.69) is 4.90 Å². The lowest BCUT2D eigenvalue weighted by Gasteiger charge is -2.36. The van der Waals surface area contributed by atoms with Crippen LogP contribution in [-0.4, -0.2) is 67.4 Å². The molecule has 2 saturated heterocycles. The average molecular weight is 397 g/mol. The quantitative estimate of drug-likeness (QED) is 0.559. The maximum Gasteiger partial charge on any atom is 0.233 e. The first-order valence-corrected chi connectivity index (χ1v) is 10.3. The number of fused-ring (bicyclic) bond motifs is 1. The van der Waals surface area contributed by atoms with E-state index in [0.717, 1.165) is 24.5 Å². The molecule has 3 amide bonds. The van der Waals surface area contributed by atoms with Crippen molar-refractivity contribution in [2.45, 2.75) is 19.3 Å². The molecule has 3 aliphatic rings. The van der Waals surface area contributed by atoms with Gasteiger partial charge in [0.15, 0.2) is 0 Å². The molecule has 0 bridgehead atoms. The number of nitrogens with zero attached hydrogens (tertiary/aromatic N) is 3. The van der Waals surface area contributed by atoms with Gasteiger partial charge in [-0.05, 0) is 25.0 Å². The fourth-order valence-corrected chi connectivity index (χ4v) is 4.54. The number of amides is 3. The largest absolute Gasteiger partial charge is 0.495 e. The Labute approximate surface area is 170 Å². The molecule has 2 atom stereocenters. The Morgan fingerprint density at radius 2 is 1.62 bits per heavy atom. The molecule has 0 N–H and O–H groups in total. The Morgan fingerprint density at radius 3 is 2.24 bits per heavy atom. The summed E-state index contributed by atoms with van der Waals surface area (Å²) >= 11 is 0. The van der Waals surface area contributed by atoms with Crippen LogP contribution in [0.4, 0.5) is 5.69 Å². The molecule has 0 aromatic heterocycles. The molecule has 0 radical (unpaired) electrons. The van der Waals surface area contributed by atoms with Crippen LogP contribution in [0.5, 0.6) is 5.75 Å². The molecule has 2 heterocycles. The lowest BCUT2D eigenvalue weighted by Crippen LogP contribution is -2.49. The zero-order valence-electron chi connectivity index (χ0n) is 16.8. The number of carbonyl (C=O) groups is 3. The summed E-state index contributed by atoms with van der Waals surface area (Å²) < 4.78 is 5.43. The van der Waals surface area contributed by atoms with Crippen molar-refractivity contribution in [1.82, 2.24) is 9.80 Å². The highest BCUT2D eigenvalue weighted by molar-refractivity contribution is 6.05. The van der Waals surface area contributed by atoms with Crippen LogP contribution in [0.2, 0.25) is 0 Å². The molecule has 1 aromatic carbocycles. The highest BCUT2D eigenvalue weighted by Crippen LogP contribution is 2.35. The summed E-state index contributed by atoms with van der Waals surface area (Å²) in [5, 5.41) is 0. The van der Waals surface area contributed by atoms with Crippen molar-refractivity contribution in [3.63, 3.8) is 0 Å². The van der Waals surface area contributed by atoms with Gasteiger partial charge < -0.3 is 14.5 Å². The Morgan fingerprint density at radius 1 is 1.00 bits per heavy atom. The minimum atomic E-state index is -0.230. The van der Waals surface area contributed by atoms with Crippen molar-refractivity contribution in [1.29, 1.82) is 0 Å². The van der Waals surface area contributed by atoms with Crippen LogP contribution in [0.3, 0.4) is 0 Å². The Kier molecular flexibility index (Phi) is 5.56. The zero-order chi connectivity index (χ0) is 20.4. The normalized spacial score (nSPS) is 24.1. The van der Waals surface area contributed by atoms with E-state index in [9.17, 15) is 14.4 Å². The molecule has 1 aliphatic carbocycles. The molecule has 1 aromatic rings. The highest BCUT2D eigenvalue weighted by Gasteiger charge is 2.47. The van der Waals surface area contributed by atoms with Crippen LogP contribution in [0.15, 0.2) is 36.4 Å². The van der Waals surface area contributed by atoms with Crippen LogP contribution in [0, 0.1) is 11.8 Å². The summed E-state index contributed by atoms with van der Waals surface area (Å²) in [6, 6.07) is 7.88. The summed E-state index contributed by atoms with van der Waals surface area (Å²) in [6.07, 6.45) is 5.40. The van der Waals surface area contributed by atoms with Gasteiger partial charge in [0.1, 0.15) is 5.75 Å². The molecule has 2 fully saturated rings. The SMILES string of the molecule is COc1ccccc1N1CCN(C(=O)CCN2C(=O)C3CC=CCC3C2=O)CC1. The van der Waals surface area contributed by atoms with Gasteiger partial charge in [-0.15, -0.1) is 0 Å². The molecule has 0 saturated carbocycles. The minimum Gasteiger partial charge on any atom is -0.495 e. The third-order valence-corrected chi connectivity index (χ3v) is 6.21. The van der Waals surface area contributed by atoms with E-state index in [1.165, 1.54) is 4.90 Å². The van der Waals surface area contributed by atoms with Gasteiger partial charge in [-0.1, -0.05) is 24.3 Å². The van der Waals surface area contributed by atoms with Crippen molar-refractivity contribution in [3.05, 3.63) is 36.4 Å². The molecule has 7 nitrogen and oxygen atoms in total. The second-order valence-electron chi connectivity index (χ2n) is 7.77. The fourth-order valence-electron chi connectivity index (χ4n) is 4.54. The van der Waals surface area contributed by atoms with E-state index < -0.39 is 0 Å². The highest BCUT2D eigenvalue weighted by atomic mass is 16.5. The molecule has 29 heavy (non-hydrogen) atoms. The molecular formula is C22H27N3O4. The van der Waals surface area contributed by atoms with Crippen molar-refractivity contribution >= 4 is 23.4 Å². The average Bonchev–Trinajstić information content (AvgIpc) is 3.02. The van der Waals surface area contributed by atoms with Crippen molar-refractivity contribution in [3.8, 4) is 5.75 Å². The number of rotatable bonds is 5.